The molecule has 1 aliphatic rings. The molecule has 2 aromatic rings. The highest BCUT2D eigenvalue weighted by Crippen LogP contribution is 2.44. The monoisotopic (exact) mass is 424 g/mol. The van der Waals surface area contributed by atoms with Crippen LogP contribution < -0.4 is 10.6 Å². The second-order valence-corrected chi connectivity index (χ2v) is 7.85. The summed E-state index contributed by atoms with van der Waals surface area (Å²) in [6, 6.07) is 15.3. The van der Waals surface area contributed by atoms with E-state index >= 15 is 0 Å². The van der Waals surface area contributed by atoms with Crippen LogP contribution in [-0.2, 0) is 14.3 Å². The summed E-state index contributed by atoms with van der Waals surface area (Å²) < 4.78 is 5.53. The summed E-state index contributed by atoms with van der Waals surface area (Å²) in [7, 11) is 0. The largest absolute Gasteiger partial charge is 0.481 e. The van der Waals surface area contributed by atoms with Crippen molar-refractivity contribution in [1.29, 1.82) is 0 Å². The third kappa shape index (κ3) is 5.63. The molecule has 2 atom stereocenters. The number of nitrogens with one attached hydrogen (secondary N) is 2. The summed E-state index contributed by atoms with van der Waals surface area (Å²) in [6.45, 7) is 3.70. The number of rotatable bonds is 9. The van der Waals surface area contributed by atoms with Crippen molar-refractivity contribution in [1.82, 2.24) is 10.6 Å². The number of carbonyl (C=O) groups is 3. The number of alkyl carbamates (subject to hydrolysis) is 1. The van der Waals surface area contributed by atoms with Crippen LogP contribution in [0.1, 0.15) is 50.2 Å². The fourth-order valence-electron chi connectivity index (χ4n) is 3.97. The SMILES string of the molecule is CC[C@H](CC(=O)N[C@H](C)CC(=O)O)NC(=O)OCC1c2ccccc2-c2ccccc21. The third-order valence-electron chi connectivity index (χ3n) is 5.48. The number of fused-ring (bicyclic) bond motifs is 3. The van der Waals surface area contributed by atoms with E-state index in [0.29, 0.717) is 6.42 Å². The first-order chi connectivity index (χ1) is 14.9. The van der Waals surface area contributed by atoms with Gasteiger partial charge in [-0.1, -0.05) is 55.5 Å². The van der Waals surface area contributed by atoms with Gasteiger partial charge in [0.1, 0.15) is 6.61 Å². The summed E-state index contributed by atoms with van der Waals surface area (Å²) in [5.41, 5.74) is 4.59. The first-order valence-electron chi connectivity index (χ1n) is 10.5. The highest BCUT2D eigenvalue weighted by atomic mass is 16.5. The predicted octanol–water partition coefficient (Wildman–Crippen LogP) is 3.67. The Hall–Kier alpha value is -3.35. The summed E-state index contributed by atoms with van der Waals surface area (Å²) in [5, 5.41) is 14.2. The fourth-order valence-corrected chi connectivity index (χ4v) is 3.97. The summed E-state index contributed by atoms with van der Waals surface area (Å²) >= 11 is 0. The minimum absolute atomic E-state index is 0.0293. The van der Waals surface area contributed by atoms with E-state index in [0.717, 1.165) is 22.3 Å². The number of carboxylic acids is 1. The smallest absolute Gasteiger partial charge is 0.407 e. The molecule has 0 fully saturated rings. The lowest BCUT2D eigenvalue weighted by atomic mass is 9.98. The standard InChI is InChI=1S/C24H28N2O5/c1-3-16(13-22(27)25-15(2)12-23(28)29)26-24(30)31-14-21-19-10-6-4-8-17(19)18-9-5-7-11-20(18)21/h4-11,15-16,21H,3,12-14H2,1-2H3,(H,25,27)(H,26,30)(H,28,29)/t15-,16-/m1/s1. The highest BCUT2D eigenvalue weighted by molar-refractivity contribution is 5.80. The Bertz CT molecular complexity index is 913. The molecule has 0 heterocycles. The minimum Gasteiger partial charge on any atom is -0.481 e. The third-order valence-corrected chi connectivity index (χ3v) is 5.48. The minimum atomic E-state index is -0.975. The van der Waals surface area contributed by atoms with Gasteiger partial charge in [0.05, 0.1) is 6.42 Å². The van der Waals surface area contributed by atoms with Gasteiger partial charge < -0.3 is 20.5 Å². The van der Waals surface area contributed by atoms with Gasteiger partial charge in [0.25, 0.3) is 0 Å². The van der Waals surface area contributed by atoms with E-state index in [1.54, 1.807) is 6.92 Å². The van der Waals surface area contributed by atoms with Crippen molar-refractivity contribution in [3.05, 3.63) is 59.7 Å². The van der Waals surface area contributed by atoms with Gasteiger partial charge in [0.15, 0.2) is 0 Å². The molecule has 0 saturated carbocycles. The van der Waals surface area contributed by atoms with Gasteiger partial charge in [-0.15, -0.1) is 0 Å². The molecule has 0 aliphatic heterocycles. The van der Waals surface area contributed by atoms with Crippen LogP contribution in [0.5, 0.6) is 0 Å². The quantitative estimate of drug-likeness (QED) is 0.570. The summed E-state index contributed by atoms with van der Waals surface area (Å²) in [4.78, 5) is 35.3. The van der Waals surface area contributed by atoms with Gasteiger partial charge in [-0.3, -0.25) is 9.59 Å². The average molecular weight is 424 g/mol. The van der Waals surface area contributed by atoms with Crippen molar-refractivity contribution in [2.24, 2.45) is 0 Å². The van der Waals surface area contributed by atoms with E-state index in [1.165, 1.54) is 0 Å². The summed E-state index contributed by atoms with van der Waals surface area (Å²) in [6.07, 6.45) is -0.113. The lowest BCUT2D eigenvalue weighted by molar-refractivity contribution is -0.137. The van der Waals surface area contributed by atoms with E-state index in [9.17, 15) is 14.4 Å². The first kappa shape index (κ1) is 22.3. The van der Waals surface area contributed by atoms with Crippen LogP contribution in [0.15, 0.2) is 48.5 Å². The van der Waals surface area contributed by atoms with E-state index in [2.05, 4.69) is 34.9 Å². The Morgan fingerprint density at radius 2 is 1.55 bits per heavy atom. The number of hydrogen-bond acceptors (Lipinski definition) is 4. The molecule has 0 unspecified atom stereocenters. The van der Waals surface area contributed by atoms with Crippen LogP contribution in [0.2, 0.25) is 0 Å². The predicted molar refractivity (Wildman–Crippen MR) is 117 cm³/mol. The number of hydrogen-bond donors (Lipinski definition) is 3. The Balaban J connectivity index is 1.55. The molecule has 0 aromatic heterocycles. The van der Waals surface area contributed by atoms with Crippen LogP contribution in [0, 0.1) is 0 Å². The molecule has 3 N–H and O–H groups in total. The first-order valence-corrected chi connectivity index (χ1v) is 10.5. The maximum atomic E-state index is 12.4. The van der Waals surface area contributed by atoms with E-state index in [4.69, 9.17) is 9.84 Å². The zero-order chi connectivity index (χ0) is 22.4. The molecule has 3 rings (SSSR count). The van der Waals surface area contributed by atoms with Gasteiger partial charge in [-0.2, -0.15) is 0 Å². The van der Waals surface area contributed by atoms with E-state index < -0.39 is 24.1 Å². The lowest BCUT2D eigenvalue weighted by Gasteiger charge is -2.19. The number of ether oxygens (including phenoxy) is 1. The zero-order valence-electron chi connectivity index (χ0n) is 17.8. The Morgan fingerprint density at radius 1 is 0.968 bits per heavy atom. The highest BCUT2D eigenvalue weighted by Gasteiger charge is 2.29. The van der Waals surface area contributed by atoms with Crippen LogP contribution >= 0.6 is 0 Å². The molecular formula is C24H28N2O5. The van der Waals surface area contributed by atoms with Gasteiger partial charge >= 0.3 is 12.1 Å². The van der Waals surface area contributed by atoms with Gasteiger partial charge in [-0.25, -0.2) is 4.79 Å². The number of carboxylic acid groups (broad SMARTS) is 1. The Kier molecular flexibility index (Phi) is 7.28. The summed E-state index contributed by atoms with van der Waals surface area (Å²) in [5.74, 6) is -1.31. The topological polar surface area (TPSA) is 105 Å². The van der Waals surface area contributed by atoms with Crippen LogP contribution in [-0.4, -0.2) is 41.8 Å². The molecule has 31 heavy (non-hydrogen) atoms. The second-order valence-electron chi connectivity index (χ2n) is 7.85. The molecule has 0 spiro atoms. The Morgan fingerprint density at radius 3 is 2.10 bits per heavy atom. The number of carbonyl (C=O) groups excluding carboxylic acids is 2. The van der Waals surface area contributed by atoms with Crippen molar-refractivity contribution in [3.8, 4) is 11.1 Å². The molecule has 2 amide bonds. The van der Waals surface area contributed by atoms with Crippen molar-refractivity contribution in [2.75, 3.05) is 6.61 Å². The number of aliphatic carboxylic acids is 1. The van der Waals surface area contributed by atoms with Crippen LogP contribution in [0.3, 0.4) is 0 Å². The number of benzene rings is 2. The fraction of sp³-hybridized carbons (Fsp3) is 0.375. The maximum absolute atomic E-state index is 12.4. The van der Waals surface area contributed by atoms with Gasteiger partial charge in [0, 0.05) is 24.4 Å². The molecule has 7 heteroatoms. The van der Waals surface area contributed by atoms with Crippen LogP contribution in [0.4, 0.5) is 4.79 Å². The molecule has 0 radical (unpaired) electrons. The molecule has 2 aromatic carbocycles. The number of amides is 2. The molecular weight excluding hydrogens is 396 g/mol. The van der Waals surface area contributed by atoms with Gasteiger partial charge in [-0.05, 0) is 35.6 Å². The van der Waals surface area contributed by atoms with E-state index in [1.807, 2.05) is 31.2 Å². The Labute approximate surface area is 181 Å². The molecule has 164 valence electrons. The molecule has 7 nitrogen and oxygen atoms in total. The van der Waals surface area contributed by atoms with Crippen molar-refractivity contribution < 1.29 is 24.2 Å². The zero-order valence-corrected chi connectivity index (χ0v) is 17.8. The van der Waals surface area contributed by atoms with Crippen LogP contribution in [0.25, 0.3) is 11.1 Å². The molecule has 0 saturated heterocycles. The maximum Gasteiger partial charge on any atom is 0.407 e. The van der Waals surface area contributed by atoms with E-state index in [-0.39, 0.29) is 31.3 Å². The van der Waals surface area contributed by atoms with Crippen molar-refractivity contribution in [3.63, 3.8) is 0 Å². The van der Waals surface area contributed by atoms with Gasteiger partial charge in [0.2, 0.25) is 5.91 Å². The van der Waals surface area contributed by atoms with Crippen molar-refractivity contribution in [2.45, 2.75) is 51.1 Å². The average Bonchev–Trinajstić information content (AvgIpc) is 3.05. The molecule has 1 aliphatic carbocycles. The van der Waals surface area contributed by atoms with Crippen molar-refractivity contribution >= 4 is 18.0 Å². The lowest BCUT2D eigenvalue weighted by Crippen LogP contribution is -2.41. The normalized spacial score (nSPS) is 14.1. The second kappa shape index (κ2) is 10.1. The molecule has 0 bridgehead atoms.